The highest BCUT2D eigenvalue weighted by atomic mass is 19.1. The van der Waals surface area contributed by atoms with E-state index in [2.05, 4.69) is 15.0 Å². The van der Waals surface area contributed by atoms with Gasteiger partial charge in [0.15, 0.2) is 5.82 Å². The van der Waals surface area contributed by atoms with Crippen molar-refractivity contribution in [3.8, 4) is 23.0 Å². The number of aromatic hydroxyl groups is 1. The number of ketones is 1. The molecule has 0 bridgehead atoms. The van der Waals surface area contributed by atoms with Gasteiger partial charge >= 0.3 is 6.01 Å². The van der Waals surface area contributed by atoms with Crippen molar-refractivity contribution in [3.05, 3.63) is 47.7 Å². The molecule has 0 atom stereocenters. The molecule has 1 aliphatic heterocycles. The van der Waals surface area contributed by atoms with Crippen molar-refractivity contribution in [2.24, 2.45) is 5.41 Å². The van der Waals surface area contributed by atoms with Gasteiger partial charge in [-0.2, -0.15) is 9.97 Å². The summed E-state index contributed by atoms with van der Waals surface area (Å²) in [7, 11) is 1.41. The molecular weight excluding hydrogens is 454 g/mol. The molecule has 1 spiro atoms. The lowest BCUT2D eigenvalue weighted by atomic mass is 9.63. The number of rotatable bonds is 4. The summed E-state index contributed by atoms with van der Waals surface area (Å²) in [5, 5.41) is 11.8. The van der Waals surface area contributed by atoms with Crippen LogP contribution in [0, 0.1) is 17.0 Å². The molecule has 35 heavy (non-hydrogen) atoms. The largest absolute Gasteiger partial charge is 0.508 e. The lowest BCUT2D eigenvalue weighted by molar-refractivity contribution is -0.134. The second-order valence-electron chi connectivity index (χ2n) is 9.44. The Hall–Kier alpha value is -3.88. The number of phenolic OH excluding ortho intramolecular Hbond substituents is 1. The van der Waals surface area contributed by atoms with Crippen molar-refractivity contribution in [2.45, 2.75) is 26.2 Å². The first-order chi connectivity index (χ1) is 16.8. The number of methoxy groups -OCH3 is 1. The second kappa shape index (κ2) is 7.56. The number of Topliss-reactive ketones (excluding diaryl/α,β-unsaturated/α-hetero) is 1. The normalized spacial score (nSPS) is 16.6. The first-order valence-electron chi connectivity index (χ1n) is 11.4. The Kier molecular flexibility index (Phi) is 4.67. The lowest BCUT2D eigenvalue weighted by Crippen LogP contribution is -2.63. The predicted molar refractivity (Wildman–Crippen MR) is 127 cm³/mol. The van der Waals surface area contributed by atoms with Crippen molar-refractivity contribution in [2.75, 3.05) is 25.1 Å². The average Bonchev–Trinajstić information content (AvgIpc) is 2.80. The Morgan fingerprint density at radius 1 is 1.17 bits per heavy atom. The highest BCUT2D eigenvalue weighted by Crippen LogP contribution is 2.48. The fourth-order valence-electron chi connectivity index (χ4n) is 5.50. The molecule has 1 aliphatic carbocycles. The number of anilines is 1. The number of phenols is 1. The van der Waals surface area contributed by atoms with Crippen molar-refractivity contribution in [1.29, 1.82) is 0 Å². The van der Waals surface area contributed by atoms with Gasteiger partial charge in [-0.3, -0.25) is 9.78 Å². The minimum atomic E-state index is -0.711. The molecule has 2 aromatic carbocycles. The summed E-state index contributed by atoms with van der Waals surface area (Å²) in [6, 6.07) is 5.82. The van der Waals surface area contributed by atoms with Gasteiger partial charge in [0, 0.05) is 43.1 Å². The van der Waals surface area contributed by atoms with Gasteiger partial charge < -0.3 is 14.7 Å². The number of nitrogens with zero attached hydrogens (tertiary/aromatic N) is 4. The Labute approximate surface area is 199 Å². The van der Waals surface area contributed by atoms with Gasteiger partial charge in [0.05, 0.1) is 12.5 Å². The number of aromatic nitrogens is 3. The molecule has 3 heterocycles. The molecule has 0 amide bonds. The van der Waals surface area contributed by atoms with Crippen LogP contribution in [0.1, 0.15) is 25.3 Å². The van der Waals surface area contributed by atoms with Gasteiger partial charge in [0.2, 0.25) is 0 Å². The number of halogens is 2. The van der Waals surface area contributed by atoms with E-state index in [1.54, 1.807) is 6.07 Å². The number of fused-ring (bicyclic) bond motifs is 2. The number of carbonyl (C=O) groups is 1. The molecule has 2 fully saturated rings. The van der Waals surface area contributed by atoms with Crippen LogP contribution in [-0.2, 0) is 11.2 Å². The molecule has 2 aromatic heterocycles. The SMILES string of the molecule is CCc1c(F)ccc2cc(O)cc(-c3ncc4c(N5CC6(CC(=O)C6)C5)nc(OC)nc4c3F)c12. The molecule has 1 saturated carbocycles. The van der Waals surface area contributed by atoms with Crippen LogP contribution in [0.15, 0.2) is 30.5 Å². The number of aryl methyl sites for hydroxylation is 1. The minimum absolute atomic E-state index is 0.00949. The van der Waals surface area contributed by atoms with E-state index >= 15 is 4.39 Å². The quantitative estimate of drug-likeness (QED) is 0.462. The van der Waals surface area contributed by atoms with Gasteiger partial charge in [-0.05, 0) is 41.0 Å². The fraction of sp³-hybridized carbons (Fsp3) is 0.308. The molecule has 6 rings (SSSR count). The van der Waals surface area contributed by atoms with Crippen molar-refractivity contribution >= 4 is 33.3 Å². The molecular formula is C26H22F2N4O3. The number of hydrogen-bond donors (Lipinski definition) is 1. The molecule has 1 saturated heterocycles. The average molecular weight is 476 g/mol. The molecule has 1 N–H and O–H groups in total. The maximum atomic E-state index is 16.1. The Morgan fingerprint density at radius 2 is 1.94 bits per heavy atom. The summed E-state index contributed by atoms with van der Waals surface area (Å²) >= 11 is 0. The first kappa shape index (κ1) is 21.6. The number of ether oxygens (including phenoxy) is 1. The monoisotopic (exact) mass is 476 g/mol. The Morgan fingerprint density at radius 3 is 2.63 bits per heavy atom. The number of benzene rings is 2. The predicted octanol–water partition coefficient (Wildman–Crippen LogP) is 4.57. The Balaban J connectivity index is 1.54. The van der Waals surface area contributed by atoms with Crippen LogP contribution in [0.2, 0.25) is 0 Å². The summed E-state index contributed by atoms with van der Waals surface area (Å²) in [6.07, 6.45) is 3.00. The van der Waals surface area contributed by atoms with E-state index in [-0.39, 0.29) is 39.7 Å². The van der Waals surface area contributed by atoms with Gasteiger partial charge in [0.1, 0.15) is 34.4 Å². The number of carbonyl (C=O) groups excluding carboxylic acids is 1. The lowest BCUT2D eigenvalue weighted by Gasteiger charge is -2.55. The van der Waals surface area contributed by atoms with Crippen LogP contribution in [0.4, 0.5) is 14.6 Å². The van der Waals surface area contributed by atoms with Gasteiger partial charge in [-0.25, -0.2) is 8.78 Å². The van der Waals surface area contributed by atoms with Crippen molar-refractivity contribution in [3.63, 3.8) is 0 Å². The standard InChI is InChI=1S/C26H22F2N4O3/c1-3-16-19(27)5-4-13-6-14(33)7-17(20(13)16)22-21(28)23-18(10-29-22)24(31-25(30-23)35-2)32-11-26(12-32)8-15(34)9-26/h4-7,10,33H,3,8-9,11-12H2,1-2H3. The van der Waals surface area contributed by atoms with Crippen LogP contribution < -0.4 is 9.64 Å². The highest BCUT2D eigenvalue weighted by Gasteiger charge is 2.52. The first-order valence-corrected chi connectivity index (χ1v) is 11.4. The van der Waals surface area contributed by atoms with Crippen LogP contribution in [0.25, 0.3) is 32.9 Å². The second-order valence-corrected chi connectivity index (χ2v) is 9.44. The van der Waals surface area contributed by atoms with Crippen LogP contribution in [0.3, 0.4) is 0 Å². The smallest absolute Gasteiger partial charge is 0.318 e. The van der Waals surface area contributed by atoms with Crippen LogP contribution >= 0.6 is 0 Å². The van der Waals surface area contributed by atoms with Crippen LogP contribution in [-0.4, -0.2) is 46.0 Å². The number of hydrogen-bond acceptors (Lipinski definition) is 7. The van der Waals surface area contributed by atoms with E-state index < -0.39 is 11.6 Å². The summed E-state index contributed by atoms with van der Waals surface area (Å²) < 4.78 is 36.0. The van der Waals surface area contributed by atoms with E-state index in [1.807, 2.05) is 11.8 Å². The maximum Gasteiger partial charge on any atom is 0.318 e. The fourth-order valence-corrected chi connectivity index (χ4v) is 5.50. The zero-order chi connectivity index (χ0) is 24.5. The molecule has 2 aliphatic rings. The van der Waals surface area contributed by atoms with Gasteiger partial charge in [0.25, 0.3) is 0 Å². The molecule has 0 radical (unpaired) electrons. The molecule has 7 nitrogen and oxygen atoms in total. The summed E-state index contributed by atoms with van der Waals surface area (Å²) in [4.78, 5) is 26.6. The molecule has 0 unspecified atom stereocenters. The maximum absolute atomic E-state index is 16.1. The van der Waals surface area contributed by atoms with E-state index in [0.29, 0.717) is 59.9 Å². The van der Waals surface area contributed by atoms with Gasteiger partial charge in [-0.1, -0.05) is 13.0 Å². The zero-order valence-electron chi connectivity index (χ0n) is 19.2. The van der Waals surface area contributed by atoms with Crippen LogP contribution in [0.5, 0.6) is 11.8 Å². The van der Waals surface area contributed by atoms with E-state index in [0.717, 1.165) is 0 Å². The molecule has 4 aromatic rings. The summed E-state index contributed by atoms with van der Waals surface area (Å²) in [5.74, 6) is -0.439. The van der Waals surface area contributed by atoms with E-state index in [4.69, 9.17) is 4.74 Å². The topological polar surface area (TPSA) is 88.4 Å². The molecule has 9 heteroatoms. The number of pyridine rings is 1. The minimum Gasteiger partial charge on any atom is -0.508 e. The third-order valence-electron chi connectivity index (χ3n) is 7.08. The van der Waals surface area contributed by atoms with Crippen molar-refractivity contribution < 1.29 is 23.4 Å². The highest BCUT2D eigenvalue weighted by molar-refractivity contribution is 6.02. The third kappa shape index (κ3) is 3.21. The van der Waals surface area contributed by atoms with E-state index in [9.17, 15) is 14.3 Å². The molecule has 178 valence electrons. The Bertz CT molecular complexity index is 1540. The zero-order valence-corrected chi connectivity index (χ0v) is 19.2. The van der Waals surface area contributed by atoms with Crippen molar-refractivity contribution in [1.82, 2.24) is 15.0 Å². The summed E-state index contributed by atoms with van der Waals surface area (Å²) in [6.45, 7) is 3.11. The van der Waals surface area contributed by atoms with E-state index in [1.165, 1.54) is 31.5 Å². The summed E-state index contributed by atoms with van der Waals surface area (Å²) in [5.41, 5.74) is 0.657. The third-order valence-corrected chi connectivity index (χ3v) is 7.08. The van der Waals surface area contributed by atoms with Gasteiger partial charge in [-0.15, -0.1) is 0 Å².